The van der Waals surface area contributed by atoms with Gasteiger partial charge in [0.2, 0.25) is 0 Å². The van der Waals surface area contributed by atoms with E-state index in [1.54, 1.807) is 0 Å². The molecule has 0 bridgehead atoms. The van der Waals surface area contributed by atoms with Crippen molar-refractivity contribution in [2.45, 2.75) is 31.4 Å². The molecule has 0 N–H and O–H groups in total. The monoisotopic (exact) mass is 424 g/mol. The Labute approximate surface area is 150 Å². The molecule has 0 aliphatic carbocycles. The van der Waals surface area contributed by atoms with Crippen molar-refractivity contribution in [2.24, 2.45) is 0 Å². The zero-order chi connectivity index (χ0) is 18.5. The highest BCUT2D eigenvalue weighted by molar-refractivity contribution is 9.10. The number of thioether (sulfide) groups is 1. The van der Waals surface area contributed by atoms with Gasteiger partial charge in [0.25, 0.3) is 5.92 Å². The summed E-state index contributed by atoms with van der Waals surface area (Å²) < 4.78 is 39.0. The zero-order valence-corrected chi connectivity index (χ0v) is 15.5. The first-order chi connectivity index (χ1) is 11.1. The number of alkyl halides is 2. The van der Waals surface area contributed by atoms with E-state index in [9.17, 15) is 23.2 Å². The van der Waals surface area contributed by atoms with Crippen LogP contribution in [0.4, 0.5) is 8.78 Å². The van der Waals surface area contributed by atoms with Gasteiger partial charge in [0.1, 0.15) is 11.0 Å². The lowest BCUT2D eigenvalue weighted by molar-refractivity contribution is -0.142. The molecule has 24 heavy (non-hydrogen) atoms. The first-order valence-electron chi connectivity index (χ1n) is 6.68. The van der Waals surface area contributed by atoms with E-state index in [1.807, 2.05) is 0 Å². The van der Waals surface area contributed by atoms with Crippen LogP contribution >= 0.6 is 27.7 Å². The second-order valence-corrected chi connectivity index (χ2v) is 7.06. The Balaban J connectivity index is 3.21. The quantitative estimate of drug-likeness (QED) is 0.512. The summed E-state index contributed by atoms with van der Waals surface area (Å²) in [6.45, 7) is 2.26. The Kier molecular flexibility index (Phi) is 7.34. The van der Waals surface area contributed by atoms with Crippen molar-refractivity contribution in [3.05, 3.63) is 28.2 Å². The molecule has 9 heteroatoms. The van der Waals surface area contributed by atoms with Crippen molar-refractivity contribution in [2.75, 3.05) is 7.11 Å². The third kappa shape index (κ3) is 5.86. The minimum absolute atomic E-state index is 0.313. The highest BCUT2D eigenvalue weighted by atomic mass is 79.9. The maximum absolute atomic E-state index is 14.7. The van der Waals surface area contributed by atoms with Crippen LogP contribution < -0.4 is 4.74 Å². The largest absolute Gasteiger partial charge is 0.468 e. The van der Waals surface area contributed by atoms with Gasteiger partial charge in [0.05, 0.1) is 12.7 Å². The number of ether oxygens (including phenoxy) is 2. The zero-order valence-electron chi connectivity index (χ0n) is 13.1. The number of benzene rings is 1. The lowest BCUT2D eigenvalue weighted by Gasteiger charge is -2.23. The van der Waals surface area contributed by atoms with E-state index in [0.717, 1.165) is 20.1 Å². The van der Waals surface area contributed by atoms with Crippen LogP contribution in [0.25, 0.3) is 0 Å². The number of methoxy groups -OCH3 is 1. The molecule has 0 aliphatic rings. The van der Waals surface area contributed by atoms with Crippen LogP contribution in [-0.4, -0.2) is 29.4 Å². The number of carbonyl (C=O) groups excluding carboxylic acids is 3. The van der Waals surface area contributed by atoms with Crippen molar-refractivity contribution in [1.29, 1.82) is 0 Å². The van der Waals surface area contributed by atoms with Crippen LogP contribution in [0.1, 0.15) is 25.8 Å². The van der Waals surface area contributed by atoms with Gasteiger partial charge in [0, 0.05) is 24.7 Å². The highest BCUT2D eigenvalue weighted by Gasteiger charge is 2.41. The maximum atomic E-state index is 14.7. The van der Waals surface area contributed by atoms with E-state index >= 15 is 0 Å². The number of esters is 2. The van der Waals surface area contributed by atoms with E-state index in [0.29, 0.717) is 16.2 Å². The normalized spacial score (nSPS) is 12.4. The summed E-state index contributed by atoms with van der Waals surface area (Å²) in [5.74, 6) is -5.53. The van der Waals surface area contributed by atoms with E-state index in [4.69, 9.17) is 4.74 Å². The predicted octanol–water partition coefficient (Wildman–Crippen LogP) is 3.68. The van der Waals surface area contributed by atoms with Gasteiger partial charge in [-0.25, -0.2) is 8.78 Å². The van der Waals surface area contributed by atoms with Gasteiger partial charge in [0.15, 0.2) is 5.12 Å². The minimum Gasteiger partial charge on any atom is -0.468 e. The Bertz CT molecular complexity index is 651. The SMILES string of the molecule is COC(=O)C(CC(F)(F)c1cc(Br)ccc1OC(C)=O)SC(C)=O. The van der Waals surface area contributed by atoms with Crippen LogP contribution in [-0.2, 0) is 25.0 Å². The Morgan fingerprint density at radius 1 is 1.29 bits per heavy atom. The summed E-state index contributed by atoms with van der Waals surface area (Å²) in [7, 11) is 1.05. The third-order valence-electron chi connectivity index (χ3n) is 2.80. The highest BCUT2D eigenvalue weighted by Crippen LogP contribution is 2.42. The molecule has 0 aliphatic heterocycles. The Morgan fingerprint density at radius 3 is 2.42 bits per heavy atom. The van der Waals surface area contributed by atoms with Crippen molar-refractivity contribution in [1.82, 2.24) is 0 Å². The molecular weight excluding hydrogens is 410 g/mol. The fourth-order valence-corrected chi connectivity index (χ4v) is 3.13. The van der Waals surface area contributed by atoms with Crippen molar-refractivity contribution < 1.29 is 32.6 Å². The van der Waals surface area contributed by atoms with Gasteiger partial charge >= 0.3 is 11.9 Å². The maximum Gasteiger partial charge on any atom is 0.319 e. The van der Waals surface area contributed by atoms with E-state index in [2.05, 4.69) is 20.7 Å². The molecule has 0 aromatic heterocycles. The lowest BCUT2D eigenvalue weighted by Crippen LogP contribution is -2.29. The summed E-state index contributed by atoms with van der Waals surface area (Å²) in [6.07, 6.45) is -0.978. The number of hydrogen-bond acceptors (Lipinski definition) is 6. The molecule has 0 radical (unpaired) electrons. The fourth-order valence-electron chi connectivity index (χ4n) is 1.88. The smallest absolute Gasteiger partial charge is 0.319 e. The molecule has 5 nitrogen and oxygen atoms in total. The van der Waals surface area contributed by atoms with Crippen molar-refractivity contribution in [3.63, 3.8) is 0 Å². The molecule has 1 rings (SSSR count). The fraction of sp³-hybridized carbons (Fsp3) is 0.400. The molecule has 0 saturated carbocycles. The second-order valence-electron chi connectivity index (χ2n) is 4.76. The number of halogens is 3. The first kappa shape index (κ1) is 20.6. The molecule has 1 unspecified atom stereocenters. The molecule has 0 heterocycles. The van der Waals surface area contributed by atoms with Crippen molar-refractivity contribution in [3.8, 4) is 5.75 Å². The van der Waals surface area contributed by atoms with Crippen LogP contribution in [0.2, 0.25) is 0 Å². The third-order valence-corrected chi connectivity index (χ3v) is 4.27. The summed E-state index contributed by atoms with van der Waals surface area (Å²) >= 11 is 3.54. The lowest BCUT2D eigenvalue weighted by atomic mass is 10.0. The topological polar surface area (TPSA) is 69.7 Å². The van der Waals surface area contributed by atoms with Crippen LogP contribution in [0.5, 0.6) is 5.75 Å². The molecule has 0 fully saturated rings. The average Bonchev–Trinajstić information content (AvgIpc) is 2.46. The number of carbonyl (C=O) groups is 3. The minimum atomic E-state index is -3.53. The van der Waals surface area contributed by atoms with Gasteiger partial charge in [-0.15, -0.1) is 0 Å². The van der Waals surface area contributed by atoms with Crippen LogP contribution in [0, 0.1) is 0 Å². The van der Waals surface area contributed by atoms with E-state index in [-0.39, 0.29) is 5.75 Å². The molecule has 0 spiro atoms. The summed E-state index contributed by atoms with van der Waals surface area (Å²) in [5.41, 5.74) is -0.565. The van der Waals surface area contributed by atoms with Gasteiger partial charge < -0.3 is 9.47 Å². The molecular formula is C15H15BrF2O5S. The van der Waals surface area contributed by atoms with E-state index < -0.39 is 40.2 Å². The van der Waals surface area contributed by atoms with Crippen LogP contribution in [0.3, 0.4) is 0 Å². The predicted molar refractivity (Wildman–Crippen MR) is 88.0 cm³/mol. The first-order valence-corrected chi connectivity index (χ1v) is 8.35. The molecule has 1 atom stereocenters. The molecule has 132 valence electrons. The molecule has 0 saturated heterocycles. The summed E-state index contributed by atoms with van der Waals surface area (Å²) in [5, 5.41) is -1.87. The average molecular weight is 425 g/mol. The van der Waals surface area contributed by atoms with Crippen LogP contribution in [0.15, 0.2) is 22.7 Å². The second kappa shape index (κ2) is 8.57. The van der Waals surface area contributed by atoms with E-state index in [1.165, 1.54) is 19.1 Å². The molecule has 1 aromatic carbocycles. The standard InChI is InChI=1S/C15H15BrF2O5S/c1-8(19)23-12-5-4-10(16)6-11(12)15(17,18)7-13(14(21)22-3)24-9(2)20/h4-6,13H,7H2,1-3H3. The van der Waals surface area contributed by atoms with Crippen molar-refractivity contribution >= 4 is 44.7 Å². The van der Waals surface area contributed by atoms with Gasteiger partial charge in [-0.1, -0.05) is 27.7 Å². The van der Waals surface area contributed by atoms with Gasteiger partial charge in [-0.2, -0.15) is 0 Å². The molecule has 1 aromatic rings. The number of rotatable bonds is 6. The van der Waals surface area contributed by atoms with Gasteiger partial charge in [-0.05, 0) is 18.2 Å². The Morgan fingerprint density at radius 2 is 1.92 bits per heavy atom. The van der Waals surface area contributed by atoms with Gasteiger partial charge in [-0.3, -0.25) is 14.4 Å². The summed E-state index contributed by atoms with van der Waals surface area (Å²) in [4.78, 5) is 34.0. The summed E-state index contributed by atoms with van der Waals surface area (Å²) in [6, 6.07) is 3.77. The number of hydrogen-bond donors (Lipinski definition) is 0. The Hall–Kier alpha value is -1.48. The molecule has 0 amide bonds.